The molecule has 1 atom stereocenters. The van der Waals surface area contributed by atoms with Crippen LogP contribution in [-0.4, -0.2) is 49.6 Å². The second kappa shape index (κ2) is 7.70. The molecular weight excluding hydrogens is 391 g/mol. The molecule has 1 aliphatic rings. The molecule has 0 radical (unpaired) electrons. The lowest BCUT2D eigenvalue weighted by atomic mass is 10.0. The summed E-state index contributed by atoms with van der Waals surface area (Å²) in [5.41, 5.74) is -2.76. The quantitative estimate of drug-likeness (QED) is 0.510. The third kappa shape index (κ3) is 3.51. The molecule has 28 heavy (non-hydrogen) atoms. The zero-order valence-electron chi connectivity index (χ0n) is 15.3. The van der Waals surface area contributed by atoms with Gasteiger partial charge in [0.15, 0.2) is 11.5 Å². The second-order valence-corrected chi connectivity index (χ2v) is 8.22. The number of nitrogens with zero attached hydrogens (tertiary/aromatic N) is 2. The molecule has 1 saturated carbocycles. The molecule has 1 aliphatic carbocycles. The minimum Gasteiger partial charge on any atom is -0.453 e. The summed E-state index contributed by atoms with van der Waals surface area (Å²) >= 11 is 0. The van der Waals surface area contributed by atoms with E-state index < -0.39 is 32.2 Å². The SMILES string of the molecule is CCN(C(=O)OC)C(F)S(=O)(=O)c1ccccc1C(=O)c1cnoc1C1CC1. The van der Waals surface area contributed by atoms with Gasteiger partial charge in [-0.2, -0.15) is 0 Å². The van der Waals surface area contributed by atoms with Crippen molar-refractivity contribution in [2.45, 2.75) is 36.2 Å². The van der Waals surface area contributed by atoms with Gasteiger partial charge in [-0.25, -0.2) is 17.6 Å². The highest BCUT2D eigenvalue weighted by Gasteiger charge is 2.39. The van der Waals surface area contributed by atoms with E-state index in [-0.39, 0.29) is 23.6 Å². The number of aromatic nitrogens is 1. The van der Waals surface area contributed by atoms with Gasteiger partial charge in [-0.3, -0.25) is 9.69 Å². The van der Waals surface area contributed by atoms with Gasteiger partial charge in [0.05, 0.1) is 23.8 Å². The number of methoxy groups -OCH3 is 1. The maximum atomic E-state index is 14.9. The van der Waals surface area contributed by atoms with E-state index in [4.69, 9.17) is 4.52 Å². The number of ketones is 1. The van der Waals surface area contributed by atoms with Crippen molar-refractivity contribution in [3.8, 4) is 0 Å². The predicted molar refractivity (Wildman–Crippen MR) is 95.2 cm³/mol. The van der Waals surface area contributed by atoms with Crippen LogP contribution in [0.4, 0.5) is 9.18 Å². The maximum absolute atomic E-state index is 14.9. The first kappa shape index (κ1) is 20.0. The van der Waals surface area contributed by atoms with Crippen molar-refractivity contribution in [3.05, 3.63) is 47.3 Å². The van der Waals surface area contributed by atoms with Gasteiger partial charge in [-0.1, -0.05) is 17.3 Å². The Bertz CT molecular complexity index is 999. The van der Waals surface area contributed by atoms with Gasteiger partial charge in [0.1, 0.15) is 0 Å². The van der Waals surface area contributed by atoms with Crippen molar-refractivity contribution in [1.82, 2.24) is 10.1 Å². The summed E-state index contributed by atoms with van der Waals surface area (Å²) in [7, 11) is -3.68. The Labute approximate surface area is 161 Å². The molecule has 0 aliphatic heterocycles. The number of carbonyl (C=O) groups excluding carboxylic acids is 2. The first-order valence-corrected chi connectivity index (χ1v) is 10.2. The average Bonchev–Trinajstić information content (AvgIpc) is 3.43. The van der Waals surface area contributed by atoms with Crippen LogP contribution in [0.15, 0.2) is 39.9 Å². The topological polar surface area (TPSA) is 107 Å². The van der Waals surface area contributed by atoms with Crippen LogP contribution >= 0.6 is 0 Å². The molecule has 1 fully saturated rings. The van der Waals surface area contributed by atoms with Crippen LogP contribution in [0.1, 0.15) is 47.4 Å². The molecule has 2 aromatic rings. The van der Waals surface area contributed by atoms with Crippen LogP contribution in [0, 0.1) is 0 Å². The highest BCUT2D eigenvalue weighted by Crippen LogP contribution is 2.42. The van der Waals surface area contributed by atoms with E-state index in [0.717, 1.165) is 26.0 Å². The smallest absolute Gasteiger partial charge is 0.412 e. The lowest BCUT2D eigenvalue weighted by molar-refractivity contribution is 0.0931. The van der Waals surface area contributed by atoms with Crippen LogP contribution < -0.4 is 0 Å². The zero-order valence-corrected chi connectivity index (χ0v) is 16.1. The molecule has 0 saturated heterocycles. The van der Waals surface area contributed by atoms with Gasteiger partial charge in [0.25, 0.3) is 5.63 Å². The summed E-state index contributed by atoms with van der Waals surface area (Å²) in [5.74, 6) is -0.150. The minimum atomic E-state index is -4.70. The Morgan fingerprint density at radius 1 is 1.32 bits per heavy atom. The van der Waals surface area contributed by atoms with E-state index in [1.54, 1.807) is 0 Å². The zero-order chi connectivity index (χ0) is 20.5. The molecule has 1 aromatic carbocycles. The number of halogens is 1. The van der Waals surface area contributed by atoms with Crippen molar-refractivity contribution in [1.29, 1.82) is 0 Å². The van der Waals surface area contributed by atoms with Gasteiger partial charge < -0.3 is 9.26 Å². The lowest BCUT2D eigenvalue weighted by Crippen LogP contribution is -2.42. The summed E-state index contributed by atoms with van der Waals surface area (Å²) in [6.45, 7) is 1.18. The Hall–Kier alpha value is -2.75. The van der Waals surface area contributed by atoms with Gasteiger partial charge in [-0.15, -0.1) is 0 Å². The fraction of sp³-hybridized carbons (Fsp3) is 0.389. The first-order chi connectivity index (χ1) is 13.3. The first-order valence-electron chi connectivity index (χ1n) is 8.63. The second-order valence-electron chi connectivity index (χ2n) is 6.30. The largest absolute Gasteiger partial charge is 0.453 e. The number of amides is 1. The van der Waals surface area contributed by atoms with Crippen molar-refractivity contribution >= 4 is 21.7 Å². The summed E-state index contributed by atoms with van der Waals surface area (Å²) in [5, 5.41) is 3.64. The molecule has 10 heteroatoms. The van der Waals surface area contributed by atoms with Crippen LogP contribution in [0.5, 0.6) is 0 Å². The Kier molecular flexibility index (Phi) is 5.50. The normalized spacial score (nSPS) is 15.1. The van der Waals surface area contributed by atoms with E-state index in [1.165, 1.54) is 31.3 Å². The summed E-state index contributed by atoms with van der Waals surface area (Å²) < 4.78 is 50.2. The third-order valence-electron chi connectivity index (χ3n) is 4.48. The molecule has 0 N–H and O–H groups in total. The third-order valence-corrected chi connectivity index (χ3v) is 6.22. The number of alkyl halides is 1. The molecule has 8 nitrogen and oxygen atoms in total. The monoisotopic (exact) mass is 410 g/mol. The van der Waals surface area contributed by atoms with Crippen molar-refractivity contribution in [2.75, 3.05) is 13.7 Å². The minimum absolute atomic E-state index is 0.0778. The Balaban J connectivity index is 2.02. The highest BCUT2D eigenvalue weighted by molar-refractivity contribution is 7.92. The van der Waals surface area contributed by atoms with E-state index in [1.807, 2.05) is 0 Å². The standard InChI is InChI=1S/C18H19FN2O6S/c1-3-21(18(23)26-2)17(19)28(24,25)14-7-5-4-6-12(14)15(22)13-10-20-27-16(13)11-8-9-11/h4-7,10-11,17H,3,8-9H2,1-2H3. The van der Waals surface area contributed by atoms with Crippen LogP contribution in [0.25, 0.3) is 0 Å². The summed E-state index contributed by atoms with van der Waals surface area (Å²) in [6.07, 6.45) is 1.82. The Morgan fingerprint density at radius 3 is 2.61 bits per heavy atom. The summed E-state index contributed by atoms with van der Waals surface area (Å²) in [6, 6.07) is 5.27. The molecule has 1 aromatic heterocycles. The number of hydrogen-bond donors (Lipinski definition) is 0. The number of hydrogen-bond acceptors (Lipinski definition) is 7. The number of carbonyl (C=O) groups is 2. The molecule has 0 spiro atoms. The van der Waals surface area contributed by atoms with E-state index >= 15 is 0 Å². The molecule has 1 amide bonds. The lowest BCUT2D eigenvalue weighted by Gasteiger charge is -2.23. The predicted octanol–water partition coefficient (Wildman–Crippen LogP) is 2.90. The molecule has 3 rings (SSSR count). The van der Waals surface area contributed by atoms with Crippen molar-refractivity contribution in [2.24, 2.45) is 0 Å². The number of sulfone groups is 1. The molecule has 1 heterocycles. The summed E-state index contributed by atoms with van der Waals surface area (Å²) in [4.78, 5) is 24.6. The van der Waals surface area contributed by atoms with E-state index in [0.29, 0.717) is 10.7 Å². The number of rotatable bonds is 7. The van der Waals surface area contributed by atoms with Crippen LogP contribution in [-0.2, 0) is 14.6 Å². The van der Waals surface area contributed by atoms with Gasteiger partial charge >= 0.3 is 6.09 Å². The van der Waals surface area contributed by atoms with Crippen molar-refractivity contribution < 1.29 is 31.7 Å². The number of benzene rings is 1. The number of ether oxygens (including phenoxy) is 1. The fourth-order valence-corrected chi connectivity index (χ4v) is 4.37. The average molecular weight is 410 g/mol. The fourth-order valence-electron chi connectivity index (χ4n) is 2.85. The molecule has 150 valence electrons. The van der Waals surface area contributed by atoms with E-state index in [9.17, 15) is 22.4 Å². The molecule has 1 unspecified atom stereocenters. The molecular formula is C18H19FN2O6S. The van der Waals surface area contributed by atoms with Gasteiger partial charge in [-0.05, 0) is 31.9 Å². The molecule has 0 bridgehead atoms. The van der Waals surface area contributed by atoms with Crippen LogP contribution in [0.3, 0.4) is 0 Å². The van der Waals surface area contributed by atoms with E-state index in [2.05, 4.69) is 9.89 Å². The van der Waals surface area contributed by atoms with Crippen LogP contribution in [0.2, 0.25) is 0 Å². The van der Waals surface area contributed by atoms with Gasteiger partial charge in [0, 0.05) is 18.0 Å². The maximum Gasteiger partial charge on any atom is 0.412 e. The Morgan fingerprint density at radius 2 is 2.00 bits per heavy atom. The van der Waals surface area contributed by atoms with Gasteiger partial charge in [0.2, 0.25) is 9.84 Å². The van der Waals surface area contributed by atoms with Crippen molar-refractivity contribution in [3.63, 3.8) is 0 Å². The highest BCUT2D eigenvalue weighted by atomic mass is 32.2.